The maximum Gasteiger partial charge on any atom is 0.226 e. The molecule has 0 saturated carbocycles. The molecular weight excluding hydrogens is 237 g/mol. The van der Waals surface area contributed by atoms with Gasteiger partial charge < -0.3 is 14.7 Å². The summed E-state index contributed by atoms with van der Waals surface area (Å²) in [7, 11) is 1.62. The summed E-state index contributed by atoms with van der Waals surface area (Å²) in [5.41, 5.74) is 0. The summed E-state index contributed by atoms with van der Waals surface area (Å²) in [6, 6.07) is 5.83. The van der Waals surface area contributed by atoms with Crippen molar-refractivity contribution in [3.63, 3.8) is 0 Å². The predicted octanol–water partition coefficient (Wildman–Crippen LogP) is 1.43. The highest BCUT2D eigenvalue weighted by atomic mass is 19.1. The average molecular weight is 255 g/mol. The van der Waals surface area contributed by atoms with E-state index >= 15 is 0 Å². The molecule has 0 bridgehead atoms. The average Bonchev–Trinajstić information content (AvgIpc) is 2.39. The van der Waals surface area contributed by atoms with Crippen LogP contribution in [0.1, 0.15) is 13.3 Å². The van der Waals surface area contributed by atoms with Crippen LogP contribution in [0.25, 0.3) is 0 Å². The highest BCUT2D eigenvalue weighted by molar-refractivity contribution is 5.76. The van der Waals surface area contributed by atoms with E-state index in [2.05, 4.69) is 0 Å². The van der Waals surface area contributed by atoms with Crippen molar-refractivity contribution in [2.45, 2.75) is 19.4 Å². The Kier molecular flexibility index (Phi) is 5.58. The van der Waals surface area contributed by atoms with Gasteiger partial charge in [0.15, 0.2) is 11.6 Å². The zero-order valence-electron chi connectivity index (χ0n) is 10.6. The fourth-order valence-electron chi connectivity index (χ4n) is 1.35. The number of likely N-dealkylation sites (N-methyl/N-ethyl adjacent to an activating group) is 1. The summed E-state index contributed by atoms with van der Waals surface area (Å²) in [4.78, 5) is 13.1. The topological polar surface area (TPSA) is 49.8 Å². The summed E-state index contributed by atoms with van der Waals surface area (Å²) >= 11 is 0. The number of nitrogens with zero attached hydrogens (tertiary/aromatic N) is 1. The standard InChI is InChI=1S/C13H18FNO3/c1-10(9-16)15(2)13(17)7-8-18-12-6-4-3-5-11(12)14/h3-6,10,16H,7-9H2,1-2H3. The summed E-state index contributed by atoms with van der Waals surface area (Å²) in [5, 5.41) is 8.92. The van der Waals surface area contributed by atoms with Crippen LogP contribution >= 0.6 is 0 Å². The first kappa shape index (κ1) is 14.4. The molecule has 18 heavy (non-hydrogen) atoms. The van der Waals surface area contributed by atoms with E-state index in [1.165, 1.54) is 17.0 Å². The van der Waals surface area contributed by atoms with Gasteiger partial charge in [-0.3, -0.25) is 4.79 Å². The van der Waals surface area contributed by atoms with E-state index < -0.39 is 5.82 Å². The lowest BCUT2D eigenvalue weighted by molar-refractivity contribution is -0.132. The Morgan fingerprint density at radius 3 is 2.78 bits per heavy atom. The quantitative estimate of drug-likeness (QED) is 0.836. The molecule has 5 heteroatoms. The van der Waals surface area contributed by atoms with Crippen molar-refractivity contribution in [3.8, 4) is 5.75 Å². The van der Waals surface area contributed by atoms with Crippen molar-refractivity contribution < 1.29 is 19.0 Å². The molecule has 0 aliphatic heterocycles. The van der Waals surface area contributed by atoms with E-state index in [0.29, 0.717) is 0 Å². The van der Waals surface area contributed by atoms with Gasteiger partial charge in [-0.25, -0.2) is 4.39 Å². The third kappa shape index (κ3) is 4.00. The van der Waals surface area contributed by atoms with E-state index in [4.69, 9.17) is 9.84 Å². The van der Waals surface area contributed by atoms with E-state index in [-0.39, 0.29) is 37.3 Å². The monoisotopic (exact) mass is 255 g/mol. The maximum atomic E-state index is 13.2. The molecule has 0 radical (unpaired) electrons. The molecule has 100 valence electrons. The van der Waals surface area contributed by atoms with Gasteiger partial charge in [0.25, 0.3) is 0 Å². The van der Waals surface area contributed by atoms with Crippen molar-refractivity contribution in [2.75, 3.05) is 20.3 Å². The second-order valence-electron chi connectivity index (χ2n) is 4.07. The number of hydrogen-bond donors (Lipinski definition) is 1. The first-order chi connectivity index (χ1) is 8.56. The first-order valence-electron chi connectivity index (χ1n) is 5.80. The third-order valence-electron chi connectivity index (χ3n) is 2.73. The molecule has 1 aromatic rings. The van der Waals surface area contributed by atoms with Gasteiger partial charge in [0.1, 0.15) is 0 Å². The summed E-state index contributed by atoms with van der Waals surface area (Å²) in [6.07, 6.45) is 0.148. The number of carbonyl (C=O) groups is 1. The SMILES string of the molecule is CC(CO)N(C)C(=O)CCOc1ccccc1F. The highest BCUT2D eigenvalue weighted by Crippen LogP contribution is 2.15. The van der Waals surface area contributed by atoms with Gasteiger partial charge in [-0.15, -0.1) is 0 Å². The molecule has 1 atom stereocenters. The summed E-state index contributed by atoms with van der Waals surface area (Å²) in [5.74, 6) is -0.446. The van der Waals surface area contributed by atoms with Crippen LogP contribution < -0.4 is 4.74 Å². The maximum absolute atomic E-state index is 13.2. The number of carbonyl (C=O) groups excluding carboxylic acids is 1. The van der Waals surface area contributed by atoms with Gasteiger partial charge >= 0.3 is 0 Å². The van der Waals surface area contributed by atoms with Crippen LogP contribution in [0.2, 0.25) is 0 Å². The molecule has 0 fully saturated rings. The number of aliphatic hydroxyl groups is 1. The van der Waals surface area contributed by atoms with Gasteiger partial charge in [0, 0.05) is 7.05 Å². The third-order valence-corrected chi connectivity index (χ3v) is 2.73. The molecule has 1 rings (SSSR count). The first-order valence-corrected chi connectivity index (χ1v) is 5.80. The van der Waals surface area contributed by atoms with Crippen molar-refractivity contribution in [2.24, 2.45) is 0 Å². The Hall–Kier alpha value is -1.62. The van der Waals surface area contributed by atoms with Crippen LogP contribution in [0.15, 0.2) is 24.3 Å². The van der Waals surface area contributed by atoms with Crippen molar-refractivity contribution in [1.82, 2.24) is 4.90 Å². The Bertz CT molecular complexity index is 398. The van der Waals surface area contributed by atoms with Gasteiger partial charge in [-0.2, -0.15) is 0 Å². The minimum Gasteiger partial charge on any atom is -0.490 e. The summed E-state index contributed by atoms with van der Waals surface area (Å²) < 4.78 is 18.4. The zero-order chi connectivity index (χ0) is 13.5. The normalized spacial score (nSPS) is 12.0. The van der Waals surface area contributed by atoms with Gasteiger partial charge in [-0.05, 0) is 19.1 Å². The number of rotatable bonds is 6. The molecule has 0 aliphatic rings. The zero-order valence-corrected chi connectivity index (χ0v) is 10.6. The van der Waals surface area contributed by atoms with Gasteiger partial charge in [-0.1, -0.05) is 12.1 Å². The molecule has 0 aromatic heterocycles. The molecule has 1 amide bonds. The Morgan fingerprint density at radius 1 is 1.50 bits per heavy atom. The summed E-state index contributed by atoms with van der Waals surface area (Å²) in [6.45, 7) is 1.77. The number of benzene rings is 1. The molecular formula is C13H18FNO3. The van der Waals surface area contributed by atoms with Gasteiger partial charge in [0.2, 0.25) is 5.91 Å². The minimum absolute atomic E-state index is 0.0869. The van der Waals surface area contributed by atoms with Crippen LogP contribution in [0.3, 0.4) is 0 Å². The minimum atomic E-state index is -0.443. The van der Waals surface area contributed by atoms with Crippen LogP contribution in [0, 0.1) is 5.82 Å². The van der Waals surface area contributed by atoms with Crippen molar-refractivity contribution in [1.29, 1.82) is 0 Å². The number of amides is 1. The Balaban J connectivity index is 2.38. The lowest BCUT2D eigenvalue weighted by atomic mass is 10.3. The Morgan fingerprint density at radius 2 is 2.17 bits per heavy atom. The lowest BCUT2D eigenvalue weighted by Crippen LogP contribution is -2.37. The van der Waals surface area contributed by atoms with E-state index in [9.17, 15) is 9.18 Å². The van der Waals surface area contributed by atoms with Crippen LogP contribution in [-0.4, -0.2) is 42.2 Å². The largest absolute Gasteiger partial charge is 0.490 e. The Labute approximate surface area is 106 Å². The molecule has 0 aliphatic carbocycles. The molecule has 1 N–H and O–H groups in total. The van der Waals surface area contributed by atoms with Crippen molar-refractivity contribution in [3.05, 3.63) is 30.1 Å². The number of hydrogen-bond acceptors (Lipinski definition) is 3. The number of para-hydroxylation sites is 1. The number of ether oxygens (including phenoxy) is 1. The number of halogens is 1. The molecule has 0 heterocycles. The fourth-order valence-corrected chi connectivity index (χ4v) is 1.35. The molecule has 4 nitrogen and oxygen atoms in total. The van der Waals surface area contributed by atoms with Crippen LogP contribution in [0.4, 0.5) is 4.39 Å². The molecule has 0 spiro atoms. The van der Waals surface area contributed by atoms with Crippen LogP contribution in [0.5, 0.6) is 5.75 Å². The second kappa shape index (κ2) is 6.96. The smallest absolute Gasteiger partial charge is 0.226 e. The predicted molar refractivity (Wildman–Crippen MR) is 65.8 cm³/mol. The fraction of sp³-hybridized carbons (Fsp3) is 0.462. The lowest BCUT2D eigenvalue weighted by Gasteiger charge is -2.23. The highest BCUT2D eigenvalue weighted by Gasteiger charge is 2.14. The number of aliphatic hydroxyl groups excluding tert-OH is 1. The van der Waals surface area contributed by atoms with E-state index in [1.54, 1.807) is 26.1 Å². The molecule has 1 unspecified atom stereocenters. The van der Waals surface area contributed by atoms with Crippen molar-refractivity contribution >= 4 is 5.91 Å². The van der Waals surface area contributed by atoms with E-state index in [1.807, 2.05) is 0 Å². The second-order valence-corrected chi connectivity index (χ2v) is 4.07. The molecule has 1 aromatic carbocycles. The molecule has 0 saturated heterocycles. The van der Waals surface area contributed by atoms with E-state index in [0.717, 1.165) is 0 Å². The van der Waals surface area contributed by atoms with Gasteiger partial charge in [0.05, 0.1) is 25.7 Å². The van der Waals surface area contributed by atoms with Crippen LogP contribution in [-0.2, 0) is 4.79 Å².